The molecule has 1 aromatic carbocycles. The van der Waals surface area contributed by atoms with E-state index in [2.05, 4.69) is 24.1 Å². The summed E-state index contributed by atoms with van der Waals surface area (Å²) in [5, 5.41) is 3.82. The van der Waals surface area contributed by atoms with Gasteiger partial charge in [-0.2, -0.15) is 0 Å². The van der Waals surface area contributed by atoms with Gasteiger partial charge in [-0.25, -0.2) is 4.39 Å². The number of nitrogens with zero attached hydrogens (tertiary/aromatic N) is 1. The van der Waals surface area contributed by atoms with Gasteiger partial charge in [-0.05, 0) is 37.9 Å². The predicted octanol–water partition coefficient (Wildman–Crippen LogP) is 3.44. The van der Waals surface area contributed by atoms with Crippen LogP contribution in [0.3, 0.4) is 0 Å². The molecule has 0 radical (unpaired) electrons. The van der Waals surface area contributed by atoms with Gasteiger partial charge in [-0.1, -0.05) is 30.7 Å². The summed E-state index contributed by atoms with van der Waals surface area (Å²) >= 11 is 6.05. The van der Waals surface area contributed by atoms with Crippen molar-refractivity contribution in [1.82, 2.24) is 10.2 Å². The van der Waals surface area contributed by atoms with Crippen molar-refractivity contribution in [1.29, 1.82) is 0 Å². The van der Waals surface area contributed by atoms with Gasteiger partial charge in [-0.3, -0.25) is 4.90 Å². The summed E-state index contributed by atoms with van der Waals surface area (Å²) in [4.78, 5) is 2.40. The first-order valence-corrected chi connectivity index (χ1v) is 7.40. The van der Waals surface area contributed by atoms with Gasteiger partial charge in [0.2, 0.25) is 0 Å². The molecule has 0 spiro atoms. The standard InChI is InChI=1S/C15H22ClFN2/c1-3-13-10-19(11(2)7-8-18-13)9-12-5-4-6-14(17)15(12)16/h4-6,11,13,18H,3,7-10H2,1-2H3. The van der Waals surface area contributed by atoms with Gasteiger partial charge < -0.3 is 5.32 Å². The lowest BCUT2D eigenvalue weighted by molar-refractivity contribution is 0.194. The van der Waals surface area contributed by atoms with Crippen LogP contribution in [0.1, 0.15) is 32.3 Å². The van der Waals surface area contributed by atoms with Crippen LogP contribution in [-0.4, -0.2) is 30.1 Å². The summed E-state index contributed by atoms with van der Waals surface area (Å²) in [5.41, 5.74) is 0.880. The maximum Gasteiger partial charge on any atom is 0.142 e. The van der Waals surface area contributed by atoms with E-state index in [4.69, 9.17) is 11.6 Å². The summed E-state index contributed by atoms with van der Waals surface area (Å²) in [6, 6.07) is 6.06. The van der Waals surface area contributed by atoms with Crippen LogP contribution in [0.25, 0.3) is 0 Å². The SMILES string of the molecule is CCC1CN(Cc2cccc(F)c2Cl)C(C)CCN1. The van der Waals surface area contributed by atoms with Crippen molar-refractivity contribution >= 4 is 11.6 Å². The zero-order valence-corrected chi connectivity index (χ0v) is 12.4. The van der Waals surface area contributed by atoms with Crippen molar-refractivity contribution in [2.45, 2.75) is 45.3 Å². The van der Waals surface area contributed by atoms with E-state index >= 15 is 0 Å². The Balaban J connectivity index is 2.12. The second kappa shape index (κ2) is 6.69. The highest BCUT2D eigenvalue weighted by Crippen LogP contribution is 2.23. The molecule has 0 amide bonds. The molecule has 1 heterocycles. The molecule has 0 bridgehead atoms. The zero-order chi connectivity index (χ0) is 13.8. The molecule has 1 saturated heterocycles. The molecule has 0 aliphatic carbocycles. The lowest BCUT2D eigenvalue weighted by Crippen LogP contribution is -2.39. The van der Waals surface area contributed by atoms with E-state index in [1.807, 2.05) is 6.07 Å². The van der Waals surface area contributed by atoms with Gasteiger partial charge in [0.1, 0.15) is 5.82 Å². The third-order valence-corrected chi connectivity index (χ3v) is 4.39. The van der Waals surface area contributed by atoms with E-state index in [1.54, 1.807) is 6.07 Å². The molecule has 1 aromatic rings. The van der Waals surface area contributed by atoms with Crippen molar-refractivity contribution in [2.24, 2.45) is 0 Å². The summed E-state index contributed by atoms with van der Waals surface area (Å²) in [6.45, 7) is 7.18. The van der Waals surface area contributed by atoms with Gasteiger partial charge in [0.15, 0.2) is 0 Å². The van der Waals surface area contributed by atoms with Crippen LogP contribution in [0.2, 0.25) is 5.02 Å². The second-order valence-corrected chi connectivity index (χ2v) is 5.72. The Bertz CT molecular complexity index is 425. The summed E-state index contributed by atoms with van der Waals surface area (Å²) < 4.78 is 13.5. The van der Waals surface area contributed by atoms with E-state index < -0.39 is 0 Å². The largest absolute Gasteiger partial charge is 0.313 e. The summed E-state index contributed by atoms with van der Waals surface area (Å²) in [5.74, 6) is -0.327. The molecule has 1 fully saturated rings. The minimum absolute atomic E-state index is 0.264. The highest BCUT2D eigenvalue weighted by molar-refractivity contribution is 6.31. The van der Waals surface area contributed by atoms with Crippen LogP contribution < -0.4 is 5.32 Å². The lowest BCUT2D eigenvalue weighted by Gasteiger charge is -2.29. The van der Waals surface area contributed by atoms with E-state index in [9.17, 15) is 4.39 Å². The van der Waals surface area contributed by atoms with Crippen LogP contribution in [0.4, 0.5) is 4.39 Å². The van der Waals surface area contributed by atoms with E-state index in [0.717, 1.165) is 38.0 Å². The molecule has 2 atom stereocenters. The molecule has 2 rings (SSSR count). The number of hydrogen-bond donors (Lipinski definition) is 1. The second-order valence-electron chi connectivity index (χ2n) is 5.34. The minimum Gasteiger partial charge on any atom is -0.313 e. The van der Waals surface area contributed by atoms with Gasteiger partial charge in [0.05, 0.1) is 5.02 Å². The van der Waals surface area contributed by atoms with Crippen molar-refractivity contribution in [3.8, 4) is 0 Å². The summed E-state index contributed by atoms with van der Waals surface area (Å²) in [7, 11) is 0. The average molecular weight is 285 g/mol. The molecule has 1 aliphatic rings. The first kappa shape index (κ1) is 14.8. The Kier molecular flexibility index (Phi) is 5.20. The minimum atomic E-state index is -0.327. The highest BCUT2D eigenvalue weighted by atomic mass is 35.5. The van der Waals surface area contributed by atoms with Crippen LogP contribution in [0.5, 0.6) is 0 Å². The molecule has 0 aromatic heterocycles. The molecule has 2 nitrogen and oxygen atoms in total. The molecule has 4 heteroatoms. The van der Waals surface area contributed by atoms with E-state index in [1.165, 1.54) is 6.07 Å². The Morgan fingerprint density at radius 2 is 2.26 bits per heavy atom. The first-order valence-electron chi connectivity index (χ1n) is 7.02. The molecule has 1 aliphatic heterocycles. The number of nitrogens with one attached hydrogen (secondary N) is 1. The van der Waals surface area contributed by atoms with Crippen LogP contribution in [0.15, 0.2) is 18.2 Å². The fourth-order valence-electron chi connectivity index (χ4n) is 2.59. The number of benzene rings is 1. The maximum atomic E-state index is 13.5. The van der Waals surface area contributed by atoms with Crippen molar-refractivity contribution in [2.75, 3.05) is 13.1 Å². The average Bonchev–Trinajstić information content (AvgIpc) is 2.57. The van der Waals surface area contributed by atoms with E-state index in [-0.39, 0.29) is 10.8 Å². The van der Waals surface area contributed by atoms with Crippen molar-refractivity contribution < 1.29 is 4.39 Å². The van der Waals surface area contributed by atoms with Crippen molar-refractivity contribution in [3.63, 3.8) is 0 Å². The first-order chi connectivity index (χ1) is 9.11. The zero-order valence-electron chi connectivity index (χ0n) is 11.6. The van der Waals surface area contributed by atoms with Gasteiger partial charge in [-0.15, -0.1) is 0 Å². The smallest absolute Gasteiger partial charge is 0.142 e. The van der Waals surface area contributed by atoms with Crippen molar-refractivity contribution in [3.05, 3.63) is 34.6 Å². The normalized spacial score (nSPS) is 25.3. The number of halogens is 2. The quantitative estimate of drug-likeness (QED) is 0.915. The molecule has 19 heavy (non-hydrogen) atoms. The Morgan fingerprint density at radius 1 is 1.47 bits per heavy atom. The third-order valence-electron chi connectivity index (χ3n) is 3.97. The monoisotopic (exact) mass is 284 g/mol. The van der Waals surface area contributed by atoms with Gasteiger partial charge in [0, 0.05) is 25.2 Å². The molecule has 0 saturated carbocycles. The molecule has 106 valence electrons. The van der Waals surface area contributed by atoms with Gasteiger partial charge in [0.25, 0.3) is 0 Å². The Hall–Kier alpha value is -0.640. The Morgan fingerprint density at radius 3 is 3.00 bits per heavy atom. The lowest BCUT2D eigenvalue weighted by atomic mass is 10.1. The van der Waals surface area contributed by atoms with E-state index in [0.29, 0.717) is 12.1 Å². The topological polar surface area (TPSA) is 15.3 Å². The molecule has 2 unspecified atom stereocenters. The van der Waals surface area contributed by atoms with Crippen LogP contribution in [-0.2, 0) is 6.54 Å². The molecule has 1 N–H and O–H groups in total. The van der Waals surface area contributed by atoms with Crippen LogP contribution in [0, 0.1) is 5.82 Å². The van der Waals surface area contributed by atoms with Gasteiger partial charge >= 0.3 is 0 Å². The Labute approximate surface area is 119 Å². The fraction of sp³-hybridized carbons (Fsp3) is 0.600. The fourth-order valence-corrected chi connectivity index (χ4v) is 2.78. The molecular weight excluding hydrogens is 263 g/mol. The molecular formula is C15H22ClFN2. The number of rotatable bonds is 3. The maximum absolute atomic E-state index is 13.5. The highest BCUT2D eigenvalue weighted by Gasteiger charge is 2.22. The van der Waals surface area contributed by atoms with Crippen LogP contribution >= 0.6 is 11.6 Å². The predicted molar refractivity (Wildman–Crippen MR) is 78.0 cm³/mol. The third kappa shape index (κ3) is 3.68. The summed E-state index contributed by atoms with van der Waals surface area (Å²) in [6.07, 6.45) is 2.23. The number of hydrogen-bond acceptors (Lipinski definition) is 2.